The van der Waals surface area contributed by atoms with Gasteiger partial charge in [0.15, 0.2) is 5.82 Å². The maximum atomic E-state index is 9.38. The second-order valence-corrected chi connectivity index (χ2v) is 5.23. The van der Waals surface area contributed by atoms with Gasteiger partial charge in [0.1, 0.15) is 6.04 Å². The molecule has 5 heteroatoms. The summed E-state index contributed by atoms with van der Waals surface area (Å²) in [5.74, 6) is 2.20. The van der Waals surface area contributed by atoms with Gasteiger partial charge in [-0.25, -0.2) is 0 Å². The van der Waals surface area contributed by atoms with E-state index in [9.17, 15) is 5.11 Å². The van der Waals surface area contributed by atoms with Gasteiger partial charge in [-0.2, -0.15) is 4.98 Å². The molecular weight excluding hydrogens is 218 g/mol. The Labute approximate surface area is 101 Å². The average Bonchev–Trinajstić information content (AvgIpc) is 2.77. The Hall–Kier alpha value is -0.940. The van der Waals surface area contributed by atoms with Crippen molar-refractivity contribution < 1.29 is 9.63 Å². The Morgan fingerprint density at radius 2 is 2.24 bits per heavy atom. The Balaban J connectivity index is 2.07. The first-order valence-corrected chi connectivity index (χ1v) is 6.35. The van der Waals surface area contributed by atoms with Crippen LogP contribution in [0.5, 0.6) is 0 Å². The molecule has 1 aromatic heterocycles. The summed E-state index contributed by atoms with van der Waals surface area (Å²) >= 11 is 0. The highest BCUT2D eigenvalue weighted by Gasteiger charge is 2.26. The molecule has 0 saturated heterocycles. The van der Waals surface area contributed by atoms with Gasteiger partial charge in [0.2, 0.25) is 5.89 Å². The van der Waals surface area contributed by atoms with Crippen LogP contribution in [0.1, 0.15) is 63.2 Å². The largest absolute Gasteiger partial charge is 0.391 e. The predicted octanol–water partition coefficient (Wildman–Crippen LogP) is 1.74. The molecular formula is C12H21N3O2. The van der Waals surface area contributed by atoms with E-state index in [4.69, 9.17) is 10.3 Å². The lowest BCUT2D eigenvalue weighted by Gasteiger charge is -2.23. The molecule has 0 aromatic carbocycles. The Morgan fingerprint density at radius 1 is 1.47 bits per heavy atom. The molecule has 0 aliphatic heterocycles. The van der Waals surface area contributed by atoms with Gasteiger partial charge in [-0.05, 0) is 25.7 Å². The van der Waals surface area contributed by atoms with Crippen molar-refractivity contribution in [2.75, 3.05) is 0 Å². The second-order valence-electron chi connectivity index (χ2n) is 5.23. The SMILES string of the molecule is CC1CCCC(c2noc([C@@H](N)[C@@H](C)O)n2)C1. The van der Waals surface area contributed by atoms with E-state index in [1.807, 2.05) is 0 Å². The molecule has 2 rings (SSSR count). The van der Waals surface area contributed by atoms with Gasteiger partial charge < -0.3 is 15.4 Å². The molecule has 1 saturated carbocycles. The number of hydrogen-bond donors (Lipinski definition) is 2. The Morgan fingerprint density at radius 3 is 2.88 bits per heavy atom. The summed E-state index contributed by atoms with van der Waals surface area (Å²) in [6.45, 7) is 3.88. The summed E-state index contributed by atoms with van der Waals surface area (Å²) < 4.78 is 5.13. The lowest BCUT2D eigenvalue weighted by molar-refractivity contribution is 0.146. The quantitative estimate of drug-likeness (QED) is 0.839. The van der Waals surface area contributed by atoms with Gasteiger partial charge in [-0.15, -0.1) is 0 Å². The highest BCUT2D eigenvalue weighted by Crippen LogP contribution is 2.34. The summed E-state index contributed by atoms with van der Waals surface area (Å²) in [6.07, 6.45) is 4.07. The minimum Gasteiger partial charge on any atom is -0.391 e. The van der Waals surface area contributed by atoms with Crippen molar-refractivity contribution >= 4 is 0 Å². The normalized spacial score (nSPS) is 28.9. The molecule has 1 fully saturated rings. The van der Waals surface area contributed by atoms with Crippen LogP contribution in [-0.2, 0) is 0 Å². The van der Waals surface area contributed by atoms with Crippen LogP contribution in [-0.4, -0.2) is 21.4 Å². The second kappa shape index (κ2) is 5.14. The van der Waals surface area contributed by atoms with Crippen LogP contribution in [0, 0.1) is 5.92 Å². The maximum Gasteiger partial charge on any atom is 0.246 e. The Bertz CT molecular complexity index is 364. The topological polar surface area (TPSA) is 85.2 Å². The summed E-state index contributed by atoms with van der Waals surface area (Å²) in [5.41, 5.74) is 5.76. The number of aliphatic hydroxyl groups is 1. The molecule has 17 heavy (non-hydrogen) atoms. The molecule has 0 radical (unpaired) electrons. The molecule has 1 heterocycles. The van der Waals surface area contributed by atoms with Gasteiger partial charge in [-0.1, -0.05) is 24.9 Å². The summed E-state index contributed by atoms with van der Waals surface area (Å²) in [5, 5.41) is 13.4. The van der Waals surface area contributed by atoms with Crippen molar-refractivity contribution in [1.82, 2.24) is 10.1 Å². The van der Waals surface area contributed by atoms with E-state index in [-0.39, 0.29) is 0 Å². The molecule has 0 bridgehead atoms. The van der Waals surface area contributed by atoms with E-state index < -0.39 is 12.1 Å². The van der Waals surface area contributed by atoms with Crippen molar-refractivity contribution in [3.05, 3.63) is 11.7 Å². The Kier molecular flexibility index (Phi) is 3.79. The van der Waals surface area contributed by atoms with Crippen LogP contribution in [0.3, 0.4) is 0 Å². The highest BCUT2D eigenvalue weighted by atomic mass is 16.5. The molecule has 3 N–H and O–H groups in total. The fourth-order valence-electron chi connectivity index (χ4n) is 2.42. The lowest BCUT2D eigenvalue weighted by atomic mass is 9.82. The molecule has 2 unspecified atom stereocenters. The fraction of sp³-hybridized carbons (Fsp3) is 0.833. The molecule has 4 atom stereocenters. The monoisotopic (exact) mass is 239 g/mol. The van der Waals surface area contributed by atoms with Crippen LogP contribution in [0.4, 0.5) is 0 Å². The third-order valence-corrected chi connectivity index (χ3v) is 3.56. The van der Waals surface area contributed by atoms with Crippen LogP contribution >= 0.6 is 0 Å². The first kappa shape index (κ1) is 12.5. The van der Waals surface area contributed by atoms with Crippen molar-refractivity contribution in [3.8, 4) is 0 Å². The standard InChI is InChI=1S/C12H21N3O2/c1-7-4-3-5-9(6-7)11-14-12(17-15-11)10(13)8(2)16/h7-10,16H,3-6,13H2,1-2H3/t7?,8-,9?,10+/m1/s1. The summed E-state index contributed by atoms with van der Waals surface area (Å²) in [7, 11) is 0. The highest BCUT2D eigenvalue weighted by molar-refractivity contribution is 5.00. The number of aromatic nitrogens is 2. The number of hydrogen-bond acceptors (Lipinski definition) is 5. The molecule has 96 valence electrons. The van der Waals surface area contributed by atoms with Gasteiger partial charge in [-0.3, -0.25) is 0 Å². The predicted molar refractivity (Wildman–Crippen MR) is 63.3 cm³/mol. The molecule has 0 spiro atoms. The zero-order valence-corrected chi connectivity index (χ0v) is 10.5. The number of nitrogens with two attached hydrogens (primary N) is 1. The van der Waals surface area contributed by atoms with E-state index in [0.717, 1.165) is 24.6 Å². The van der Waals surface area contributed by atoms with Crippen molar-refractivity contribution in [2.45, 2.75) is 57.6 Å². The fourth-order valence-corrected chi connectivity index (χ4v) is 2.42. The zero-order chi connectivity index (χ0) is 12.4. The van der Waals surface area contributed by atoms with Gasteiger partial charge in [0.25, 0.3) is 0 Å². The number of rotatable bonds is 3. The minimum absolute atomic E-state index is 0.341. The van der Waals surface area contributed by atoms with Gasteiger partial charge in [0, 0.05) is 5.92 Å². The minimum atomic E-state index is -0.673. The van der Waals surface area contributed by atoms with E-state index in [1.54, 1.807) is 6.92 Å². The summed E-state index contributed by atoms with van der Waals surface area (Å²) in [6, 6.07) is -0.586. The average molecular weight is 239 g/mol. The number of nitrogens with zero attached hydrogens (tertiary/aromatic N) is 2. The van der Waals surface area contributed by atoms with E-state index in [0.29, 0.717) is 11.8 Å². The van der Waals surface area contributed by atoms with Crippen LogP contribution in [0.25, 0.3) is 0 Å². The third kappa shape index (κ3) is 2.84. The maximum absolute atomic E-state index is 9.38. The molecule has 1 aliphatic carbocycles. The van der Waals surface area contributed by atoms with Gasteiger partial charge in [0.05, 0.1) is 6.10 Å². The van der Waals surface area contributed by atoms with Crippen LogP contribution < -0.4 is 5.73 Å². The molecule has 5 nitrogen and oxygen atoms in total. The molecule has 0 amide bonds. The van der Waals surface area contributed by atoms with Crippen molar-refractivity contribution in [3.63, 3.8) is 0 Å². The lowest BCUT2D eigenvalue weighted by Crippen LogP contribution is -2.23. The van der Waals surface area contributed by atoms with Crippen LogP contribution in [0.15, 0.2) is 4.52 Å². The van der Waals surface area contributed by atoms with E-state index in [1.165, 1.54) is 12.8 Å². The van der Waals surface area contributed by atoms with Gasteiger partial charge >= 0.3 is 0 Å². The third-order valence-electron chi connectivity index (χ3n) is 3.56. The van der Waals surface area contributed by atoms with E-state index >= 15 is 0 Å². The first-order valence-electron chi connectivity index (χ1n) is 6.35. The molecule has 1 aliphatic rings. The molecule has 1 aromatic rings. The van der Waals surface area contributed by atoms with Crippen molar-refractivity contribution in [1.29, 1.82) is 0 Å². The van der Waals surface area contributed by atoms with Crippen molar-refractivity contribution in [2.24, 2.45) is 11.7 Å². The number of aliphatic hydroxyl groups excluding tert-OH is 1. The van der Waals surface area contributed by atoms with Crippen LogP contribution in [0.2, 0.25) is 0 Å². The summed E-state index contributed by atoms with van der Waals surface area (Å²) in [4.78, 5) is 4.33. The smallest absolute Gasteiger partial charge is 0.246 e. The zero-order valence-electron chi connectivity index (χ0n) is 10.5. The first-order chi connectivity index (χ1) is 8.08. The van der Waals surface area contributed by atoms with E-state index in [2.05, 4.69) is 17.1 Å².